The average Bonchev–Trinajstić information content (AvgIpc) is 3.46. The van der Waals surface area contributed by atoms with Crippen molar-refractivity contribution in [2.75, 3.05) is 39.3 Å². The maximum absolute atomic E-state index is 9.81. The van der Waals surface area contributed by atoms with Gasteiger partial charge < -0.3 is 10.2 Å². The summed E-state index contributed by atoms with van der Waals surface area (Å²) >= 11 is 0. The fourth-order valence-corrected chi connectivity index (χ4v) is 4.51. The number of fused-ring (bicyclic) bond motifs is 1. The molecule has 0 amide bonds. The molecule has 0 radical (unpaired) electrons. The number of hydrogen-bond donors (Lipinski definition) is 4. The lowest BCUT2D eigenvalue weighted by Gasteiger charge is -2.33. The van der Waals surface area contributed by atoms with Crippen LogP contribution in [0, 0.1) is 0 Å². The number of aromatic amines is 2. The highest BCUT2D eigenvalue weighted by atomic mass is 16.3. The van der Waals surface area contributed by atoms with Crippen molar-refractivity contribution in [3.63, 3.8) is 0 Å². The zero-order valence-corrected chi connectivity index (χ0v) is 18.8. The molecule has 1 aliphatic rings. The van der Waals surface area contributed by atoms with Crippen LogP contribution < -0.4 is 0 Å². The molecular formula is C24H29N7O2. The maximum atomic E-state index is 9.81. The van der Waals surface area contributed by atoms with Crippen molar-refractivity contribution in [1.29, 1.82) is 0 Å². The number of aromatic hydroxyl groups is 1. The molecule has 172 valence electrons. The van der Waals surface area contributed by atoms with E-state index in [0.717, 1.165) is 78.3 Å². The van der Waals surface area contributed by atoms with E-state index in [2.05, 4.69) is 49.3 Å². The van der Waals surface area contributed by atoms with Gasteiger partial charge in [0.1, 0.15) is 17.3 Å². The fourth-order valence-electron chi connectivity index (χ4n) is 4.51. The summed E-state index contributed by atoms with van der Waals surface area (Å²) < 4.78 is 0. The highest BCUT2D eigenvalue weighted by Gasteiger charge is 2.19. The summed E-state index contributed by atoms with van der Waals surface area (Å²) in [5, 5.41) is 35.0. The SMILES string of the molecule is CCc1cc(O)ccc1-c1ccc2c(-c3n[nH]c(CN4CCN(CCO)CC4)n3)n[nH]c2c1. The van der Waals surface area contributed by atoms with E-state index in [1.54, 1.807) is 6.07 Å². The van der Waals surface area contributed by atoms with Gasteiger partial charge in [0.2, 0.25) is 5.82 Å². The molecule has 33 heavy (non-hydrogen) atoms. The Labute approximate surface area is 192 Å². The van der Waals surface area contributed by atoms with Crippen LogP contribution in [0.1, 0.15) is 18.3 Å². The van der Waals surface area contributed by atoms with E-state index in [-0.39, 0.29) is 12.4 Å². The number of phenolic OH excluding ortho intramolecular Hbond substituents is 1. The number of nitrogens with one attached hydrogen (secondary N) is 2. The van der Waals surface area contributed by atoms with Crippen LogP contribution in [0.3, 0.4) is 0 Å². The molecule has 3 heterocycles. The third-order valence-corrected chi connectivity index (χ3v) is 6.34. The Balaban J connectivity index is 1.34. The predicted molar refractivity (Wildman–Crippen MR) is 127 cm³/mol. The van der Waals surface area contributed by atoms with E-state index in [1.165, 1.54) is 0 Å². The normalized spacial score (nSPS) is 15.5. The van der Waals surface area contributed by atoms with E-state index < -0.39 is 0 Å². The lowest BCUT2D eigenvalue weighted by Crippen LogP contribution is -2.46. The second-order valence-electron chi connectivity index (χ2n) is 8.47. The number of aromatic nitrogens is 5. The predicted octanol–water partition coefficient (Wildman–Crippen LogP) is 2.39. The molecule has 0 saturated carbocycles. The molecule has 4 aromatic rings. The zero-order chi connectivity index (χ0) is 22.8. The van der Waals surface area contributed by atoms with E-state index in [9.17, 15) is 5.11 Å². The number of hydrogen-bond acceptors (Lipinski definition) is 7. The van der Waals surface area contributed by atoms with Gasteiger partial charge in [-0.15, -0.1) is 0 Å². The molecule has 0 spiro atoms. The number of aryl methyl sites for hydroxylation is 1. The van der Waals surface area contributed by atoms with Gasteiger partial charge in [-0.1, -0.05) is 19.1 Å². The number of benzene rings is 2. The Morgan fingerprint density at radius 3 is 2.58 bits per heavy atom. The van der Waals surface area contributed by atoms with Crippen molar-refractivity contribution >= 4 is 10.9 Å². The molecule has 9 nitrogen and oxygen atoms in total. The van der Waals surface area contributed by atoms with E-state index in [0.29, 0.717) is 12.4 Å². The van der Waals surface area contributed by atoms with Gasteiger partial charge in [-0.05, 0) is 47.4 Å². The van der Waals surface area contributed by atoms with Crippen LogP contribution in [0.25, 0.3) is 33.5 Å². The Morgan fingerprint density at radius 1 is 0.970 bits per heavy atom. The third-order valence-electron chi connectivity index (χ3n) is 6.34. The summed E-state index contributed by atoms with van der Waals surface area (Å²) in [7, 11) is 0. The summed E-state index contributed by atoms with van der Waals surface area (Å²) in [6, 6.07) is 11.7. The van der Waals surface area contributed by atoms with Crippen LogP contribution in [-0.2, 0) is 13.0 Å². The minimum Gasteiger partial charge on any atom is -0.508 e. The van der Waals surface area contributed by atoms with Crippen molar-refractivity contribution in [2.24, 2.45) is 0 Å². The Hall–Kier alpha value is -3.27. The lowest BCUT2D eigenvalue weighted by molar-refractivity contribution is 0.107. The first kappa shape index (κ1) is 21.6. The molecule has 0 atom stereocenters. The number of rotatable bonds is 7. The molecule has 5 rings (SSSR count). The van der Waals surface area contributed by atoms with Crippen LogP contribution in [0.15, 0.2) is 36.4 Å². The number of aliphatic hydroxyl groups excluding tert-OH is 1. The van der Waals surface area contributed by atoms with Crippen molar-refractivity contribution in [2.45, 2.75) is 19.9 Å². The second-order valence-corrected chi connectivity index (χ2v) is 8.47. The summed E-state index contributed by atoms with van der Waals surface area (Å²) in [5.74, 6) is 1.69. The number of phenols is 1. The quantitative estimate of drug-likeness (QED) is 0.344. The van der Waals surface area contributed by atoms with Gasteiger partial charge in [0.25, 0.3) is 0 Å². The second kappa shape index (κ2) is 9.30. The standard InChI is InChI=1S/C24H29N7O2/c1-2-16-13-18(33)4-6-19(16)17-3-5-20-21(14-17)26-28-23(20)24-25-22(27-29-24)15-31-9-7-30(8-10-31)11-12-32/h3-6,13-14,32-33H,2,7-12,15H2,1H3,(H,26,28)(H,25,27,29). The van der Waals surface area contributed by atoms with Crippen LogP contribution in [0.4, 0.5) is 0 Å². The molecule has 1 aliphatic heterocycles. The van der Waals surface area contributed by atoms with Gasteiger partial charge >= 0.3 is 0 Å². The number of piperazine rings is 1. The summed E-state index contributed by atoms with van der Waals surface area (Å²) in [5.41, 5.74) is 4.93. The Bertz CT molecular complexity index is 1240. The summed E-state index contributed by atoms with van der Waals surface area (Å²) in [6.07, 6.45) is 0.840. The number of aliphatic hydroxyl groups is 1. The van der Waals surface area contributed by atoms with Crippen molar-refractivity contribution in [1.82, 2.24) is 35.2 Å². The van der Waals surface area contributed by atoms with Crippen LogP contribution in [0.2, 0.25) is 0 Å². The molecule has 2 aromatic carbocycles. The van der Waals surface area contributed by atoms with Gasteiger partial charge in [0, 0.05) is 38.1 Å². The minimum absolute atomic E-state index is 0.208. The van der Waals surface area contributed by atoms with E-state index >= 15 is 0 Å². The van der Waals surface area contributed by atoms with E-state index in [1.807, 2.05) is 18.2 Å². The van der Waals surface area contributed by atoms with Gasteiger partial charge in [-0.3, -0.25) is 20.0 Å². The summed E-state index contributed by atoms with van der Waals surface area (Å²) in [4.78, 5) is 9.31. The first-order valence-electron chi connectivity index (χ1n) is 11.4. The fraction of sp³-hybridized carbons (Fsp3) is 0.375. The Kier molecular flexibility index (Phi) is 6.08. The molecule has 0 unspecified atom stereocenters. The first-order valence-corrected chi connectivity index (χ1v) is 11.4. The van der Waals surface area contributed by atoms with Crippen molar-refractivity contribution in [3.05, 3.63) is 47.8 Å². The Morgan fingerprint density at radius 2 is 1.79 bits per heavy atom. The zero-order valence-electron chi connectivity index (χ0n) is 18.8. The molecule has 4 N–H and O–H groups in total. The van der Waals surface area contributed by atoms with Crippen LogP contribution in [-0.4, -0.2) is 84.7 Å². The molecule has 0 aliphatic carbocycles. The van der Waals surface area contributed by atoms with Gasteiger partial charge in [-0.2, -0.15) is 10.2 Å². The molecule has 2 aromatic heterocycles. The minimum atomic E-state index is 0.208. The topological polar surface area (TPSA) is 117 Å². The molecule has 0 bridgehead atoms. The van der Waals surface area contributed by atoms with Crippen LogP contribution >= 0.6 is 0 Å². The molecule has 1 saturated heterocycles. The van der Waals surface area contributed by atoms with Gasteiger partial charge in [0.15, 0.2) is 0 Å². The highest BCUT2D eigenvalue weighted by Crippen LogP contribution is 2.32. The monoisotopic (exact) mass is 447 g/mol. The largest absolute Gasteiger partial charge is 0.508 e. The highest BCUT2D eigenvalue weighted by molar-refractivity contribution is 5.94. The van der Waals surface area contributed by atoms with Gasteiger partial charge in [-0.25, -0.2) is 4.98 Å². The van der Waals surface area contributed by atoms with Gasteiger partial charge in [0.05, 0.1) is 18.7 Å². The number of β-amino-alcohol motifs (C(OH)–C–C–N with tert-alkyl or cyclic N) is 1. The summed E-state index contributed by atoms with van der Waals surface area (Å²) in [6.45, 7) is 7.54. The number of H-pyrrole nitrogens is 2. The molecule has 9 heteroatoms. The van der Waals surface area contributed by atoms with Crippen molar-refractivity contribution in [3.8, 4) is 28.4 Å². The third kappa shape index (κ3) is 4.47. The average molecular weight is 448 g/mol. The van der Waals surface area contributed by atoms with E-state index in [4.69, 9.17) is 10.1 Å². The molecule has 1 fully saturated rings. The van der Waals surface area contributed by atoms with Crippen molar-refractivity contribution < 1.29 is 10.2 Å². The van der Waals surface area contributed by atoms with Crippen LogP contribution in [0.5, 0.6) is 5.75 Å². The molecular weight excluding hydrogens is 418 g/mol. The maximum Gasteiger partial charge on any atom is 0.202 e. The lowest BCUT2D eigenvalue weighted by atomic mass is 9.97. The first-order chi connectivity index (χ1) is 16.1. The number of nitrogens with zero attached hydrogens (tertiary/aromatic N) is 5. The smallest absolute Gasteiger partial charge is 0.202 e.